The topological polar surface area (TPSA) is 58.2 Å². The largest absolute Gasteiger partial charge is 0.326 e. The Balaban J connectivity index is 1.72. The number of amides is 2. The van der Waals surface area contributed by atoms with E-state index in [0.717, 1.165) is 11.1 Å². The Morgan fingerprint density at radius 2 is 1.46 bits per heavy atom. The first-order chi connectivity index (χ1) is 13.5. The predicted octanol–water partition coefficient (Wildman–Crippen LogP) is 4.44. The first kappa shape index (κ1) is 18.9. The normalized spacial score (nSPS) is 9.79. The molecule has 3 aromatic carbocycles. The summed E-state index contributed by atoms with van der Waals surface area (Å²) in [5.41, 5.74) is 2.42. The number of carbonyl (C=O) groups is 2. The van der Waals surface area contributed by atoms with Gasteiger partial charge in [0, 0.05) is 29.3 Å². The minimum atomic E-state index is -0.590. The van der Waals surface area contributed by atoms with Gasteiger partial charge in [0.2, 0.25) is 5.91 Å². The van der Waals surface area contributed by atoms with Gasteiger partial charge in [-0.2, -0.15) is 0 Å². The monoisotopic (exact) mass is 372 g/mol. The summed E-state index contributed by atoms with van der Waals surface area (Å²) in [4.78, 5) is 23.5. The van der Waals surface area contributed by atoms with Crippen molar-refractivity contribution in [2.75, 3.05) is 10.6 Å². The second-order valence-electron chi connectivity index (χ2n) is 6.02. The fourth-order valence-corrected chi connectivity index (χ4v) is 2.47. The number of anilines is 2. The molecule has 2 amide bonds. The molecule has 2 N–H and O–H groups in total. The van der Waals surface area contributed by atoms with Crippen molar-refractivity contribution in [1.29, 1.82) is 0 Å². The first-order valence-corrected chi connectivity index (χ1v) is 8.57. The lowest BCUT2D eigenvalue weighted by atomic mass is 10.1. The van der Waals surface area contributed by atoms with E-state index in [2.05, 4.69) is 22.5 Å². The summed E-state index contributed by atoms with van der Waals surface area (Å²) in [7, 11) is 0. The third kappa shape index (κ3) is 5.05. The number of benzene rings is 3. The van der Waals surface area contributed by atoms with Gasteiger partial charge in [-0.3, -0.25) is 9.59 Å². The van der Waals surface area contributed by atoms with Gasteiger partial charge < -0.3 is 10.6 Å². The molecule has 3 aromatic rings. The predicted molar refractivity (Wildman–Crippen MR) is 108 cm³/mol. The standard InChI is InChI=1S/C23H17FN2O2/c1-16(27)25-20-13-14-21(24)22(15-20)26-23(28)19-11-9-18(10-12-19)8-7-17-5-3-2-4-6-17/h2-6,9-15H,1H3,(H,25,27)(H,26,28). The minimum absolute atomic E-state index is 0.0100. The van der Waals surface area contributed by atoms with E-state index in [9.17, 15) is 14.0 Å². The molecule has 138 valence electrons. The van der Waals surface area contributed by atoms with E-state index in [1.807, 2.05) is 30.3 Å². The molecule has 0 aliphatic rings. The smallest absolute Gasteiger partial charge is 0.255 e. The molecular formula is C23H17FN2O2. The van der Waals surface area contributed by atoms with E-state index in [1.54, 1.807) is 24.3 Å². The third-order valence-electron chi connectivity index (χ3n) is 3.81. The van der Waals surface area contributed by atoms with Gasteiger partial charge in [-0.05, 0) is 54.6 Å². The van der Waals surface area contributed by atoms with Gasteiger partial charge in [0.15, 0.2) is 0 Å². The van der Waals surface area contributed by atoms with Crippen LogP contribution in [-0.2, 0) is 4.79 Å². The molecule has 4 nitrogen and oxygen atoms in total. The zero-order valence-electron chi connectivity index (χ0n) is 15.1. The zero-order valence-corrected chi connectivity index (χ0v) is 15.1. The van der Waals surface area contributed by atoms with Gasteiger partial charge in [0.25, 0.3) is 5.91 Å². The fraction of sp³-hybridized carbons (Fsp3) is 0.0435. The van der Waals surface area contributed by atoms with Crippen LogP contribution in [0.2, 0.25) is 0 Å². The number of nitrogens with one attached hydrogen (secondary N) is 2. The molecule has 0 saturated carbocycles. The van der Waals surface area contributed by atoms with Crippen LogP contribution in [0.1, 0.15) is 28.4 Å². The lowest BCUT2D eigenvalue weighted by Crippen LogP contribution is -2.14. The molecule has 0 aliphatic heterocycles. The van der Waals surface area contributed by atoms with Crippen LogP contribution in [0.3, 0.4) is 0 Å². The van der Waals surface area contributed by atoms with Gasteiger partial charge in [-0.25, -0.2) is 4.39 Å². The fourth-order valence-electron chi connectivity index (χ4n) is 2.47. The summed E-state index contributed by atoms with van der Waals surface area (Å²) in [6, 6.07) is 20.3. The second-order valence-corrected chi connectivity index (χ2v) is 6.02. The molecule has 0 radical (unpaired) electrons. The van der Waals surface area contributed by atoms with Crippen LogP contribution in [0.15, 0.2) is 72.8 Å². The highest BCUT2D eigenvalue weighted by Gasteiger charge is 2.10. The zero-order chi connectivity index (χ0) is 19.9. The van der Waals surface area contributed by atoms with Crippen LogP contribution < -0.4 is 10.6 Å². The van der Waals surface area contributed by atoms with Crippen molar-refractivity contribution in [3.8, 4) is 11.8 Å². The molecular weight excluding hydrogens is 355 g/mol. The van der Waals surface area contributed by atoms with Crippen LogP contribution in [-0.4, -0.2) is 11.8 Å². The van der Waals surface area contributed by atoms with Gasteiger partial charge in [0.1, 0.15) is 5.82 Å². The molecule has 3 rings (SSSR count). The average molecular weight is 372 g/mol. The van der Waals surface area contributed by atoms with Crippen molar-refractivity contribution in [1.82, 2.24) is 0 Å². The highest BCUT2D eigenvalue weighted by atomic mass is 19.1. The van der Waals surface area contributed by atoms with Gasteiger partial charge in [-0.15, -0.1) is 0 Å². The minimum Gasteiger partial charge on any atom is -0.326 e. The number of carbonyl (C=O) groups excluding carboxylic acids is 2. The lowest BCUT2D eigenvalue weighted by molar-refractivity contribution is -0.114. The van der Waals surface area contributed by atoms with Gasteiger partial charge in [-0.1, -0.05) is 30.0 Å². The summed E-state index contributed by atoms with van der Waals surface area (Å²) >= 11 is 0. The van der Waals surface area contributed by atoms with E-state index in [0.29, 0.717) is 11.3 Å². The van der Waals surface area contributed by atoms with Crippen LogP contribution in [0, 0.1) is 17.7 Å². The van der Waals surface area contributed by atoms with E-state index < -0.39 is 11.7 Å². The second kappa shape index (κ2) is 8.65. The summed E-state index contributed by atoms with van der Waals surface area (Å²) in [6.07, 6.45) is 0. The highest BCUT2D eigenvalue weighted by molar-refractivity contribution is 6.04. The van der Waals surface area contributed by atoms with Crippen LogP contribution in [0.25, 0.3) is 0 Å². The molecule has 0 heterocycles. The molecule has 0 fully saturated rings. The van der Waals surface area contributed by atoms with E-state index in [4.69, 9.17) is 0 Å². The number of hydrogen-bond donors (Lipinski definition) is 2. The maximum absolute atomic E-state index is 14.0. The summed E-state index contributed by atoms with van der Waals surface area (Å²) in [5.74, 6) is 4.75. The molecule has 0 bridgehead atoms. The first-order valence-electron chi connectivity index (χ1n) is 8.57. The summed E-state index contributed by atoms with van der Waals surface area (Å²) in [6.45, 7) is 1.35. The van der Waals surface area contributed by atoms with E-state index in [1.165, 1.54) is 25.1 Å². The Morgan fingerprint density at radius 1 is 0.821 bits per heavy atom. The van der Waals surface area contributed by atoms with Crippen molar-refractivity contribution in [2.24, 2.45) is 0 Å². The molecule has 0 saturated heterocycles. The Morgan fingerprint density at radius 3 is 2.11 bits per heavy atom. The molecule has 0 spiro atoms. The quantitative estimate of drug-likeness (QED) is 0.668. The summed E-state index contributed by atoms with van der Waals surface area (Å²) in [5, 5.41) is 5.06. The Kier molecular flexibility index (Phi) is 5.83. The molecule has 28 heavy (non-hydrogen) atoms. The number of hydrogen-bond acceptors (Lipinski definition) is 2. The van der Waals surface area contributed by atoms with Crippen LogP contribution in [0.5, 0.6) is 0 Å². The van der Waals surface area contributed by atoms with Crippen molar-refractivity contribution in [3.63, 3.8) is 0 Å². The molecule has 0 aliphatic carbocycles. The molecule has 0 atom stereocenters. The number of rotatable bonds is 3. The number of halogens is 1. The van der Waals surface area contributed by atoms with E-state index in [-0.39, 0.29) is 11.6 Å². The van der Waals surface area contributed by atoms with Crippen LogP contribution >= 0.6 is 0 Å². The van der Waals surface area contributed by atoms with Crippen molar-refractivity contribution >= 4 is 23.2 Å². The Bertz CT molecular complexity index is 1070. The maximum atomic E-state index is 14.0. The van der Waals surface area contributed by atoms with Crippen molar-refractivity contribution in [2.45, 2.75) is 6.92 Å². The maximum Gasteiger partial charge on any atom is 0.255 e. The van der Waals surface area contributed by atoms with Gasteiger partial charge >= 0.3 is 0 Å². The lowest BCUT2D eigenvalue weighted by Gasteiger charge is -2.09. The van der Waals surface area contributed by atoms with Crippen molar-refractivity contribution in [3.05, 3.63) is 95.3 Å². The third-order valence-corrected chi connectivity index (χ3v) is 3.81. The van der Waals surface area contributed by atoms with E-state index >= 15 is 0 Å². The molecule has 5 heteroatoms. The van der Waals surface area contributed by atoms with Crippen LogP contribution in [0.4, 0.5) is 15.8 Å². The SMILES string of the molecule is CC(=O)Nc1ccc(F)c(NC(=O)c2ccc(C#Cc3ccccc3)cc2)c1. The Hall–Kier alpha value is -3.91. The Labute approximate surface area is 162 Å². The van der Waals surface area contributed by atoms with Gasteiger partial charge in [0.05, 0.1) is 5.69 Å². The van der Waals surface area contributed by atoms with Crippen molar-refractivity contribution < 1.29 is 14.0 Å². The summed E-state index contributed by atoms with van der Waals surface area (Å²) < 4.78 is 14.0. The average Bonchev–Trinajstić information content (AvgIpc) is 2.69. The molecule has 0 unspecified atom stereocenters. The highest BCUT2D eigenvalue weighted by Crippen LogP contribution is 2.20. The molecule has 0 aromatic heterocycles.